The number of halogens is 2. The summed E-state index contributed by atoms with van der Waals surface area (Å²) < 4.78 is 0. The van der Waals surface area contributed by atoms with Crippen molar-refractivity contribution in [2.45, 2.75) is 6.42 Å². The lowest BCUT2D eigenvalue weighted by Crippen LogP contribution is -2.32. The van der Waals surface area contributed by atoms with Crippen LogP contribution in [0.3, 0.4) is 0 Å². The van der Waals surface area contributed by atoms with Crippen molar-refractivity contribution in [3.63, 3.8) is 0 Å². The minimum atomic E-state index is -0.360. The average molecular weight is 489 g/mol. The Morgan fingerprint density at radius 2 is 1.76 bits per heavy atom. The third kappa shape index (κ3) is 4.25. The monoisotopic (exact) mass is 488 g/mol. The summed E-state index contributed by atoms with van der Waals surface area (Å²) in [6.45, 7) is 0.504. The number of rotatable bonds is 3. The van der Waals surface area contributed by atoms with E-state index in [1.165, 1.54) is 12.4 Å². The fourth-order valence-corrected chi connectivity index (χ4v) is 4.48. The zero-order chi connectivity index (χ0) is 23.7. The fourth-order valence-electron chi connectivity index (χ4n) is 3.98. The molecule has 0 bridgehead atoms. The summed E-state index contributed by atoms with van der Waals surface area (Å²) in [5.41, 5.74) is 4.93. The van der Waals surface area contributed by atoms with Crippen LogP contribution < -0.4 is 10.2 Å². The van der Waals surface area contributed by atoms with Crippen molar-refractivity contribution in [1.29, 1.82) is 0 Å². The van der Waals surface area contributed by atoms with Gasteiger partial charge >= 0.3 is 0 Å². The molecule has 5 rings (SSSR count). The van der Waals surface area contributed by atoms with E-state index in [1.807, 2.05) is 24.3 Å². The lowest BCUT2D eigenvalue weighted by atomic mass is 10.1. The molecular formula is C26H18Cl2N4O2. The number of para-hydroxylation sites is 1. The molecule has 4 aromatic rings. The number of fused-ring (bicyclic) bond motifs is 3. The molecule has 34 heavy (non-hydrogen) atoms. The summed E-state index contributed by atoms with van der Waals surface area (Å²) in [5, 5.41) is 3.51. The van der Waals surface area contributed by atoms with Crippen molar-refractivity contribution < 1.29 is 9.59 Å². The van der Waals surface area contributed by atoms with Gasteiger partial charge in [0.2, 0.25) is 0 Å². The van der Waals surface area contributed by atoms with Gasteiger partial charge in [-0.25, -0.2) is 9.97 Å². The summed E-state index contributed by atoms with van der Waals surface area (Å²) >= 11 is 12.0. The molecule has 0 aliphatic carbocycles. The molecule has 1 aliphatic rings. The summed E-state index contributed by atoms with van der Waals surface area (Å²) in [5.74, 6) is -0.493. The van der Waals surface area contributed by atoms with Gasteiger partial charge in [-0.3, -0.25) is 9.59 Å². The van der Waals surface area contributed by atoms with Crippen LogP contribution in [0, 0.1) is 0 Å². The largest absolute Gasteiger partial charge is 0.322 e. The van der Waals surface area contributed by atoms with Crippen LogP contribution >= 0.6 is 23.2 Å². The average Bonchev–Trinajstić information content (AvgIpc) is 3.01. The number of nitrogens with zero attached hydrogens (tertiary/aromatic N) is 3. The highest BCUT2D eigenvalue weighted by Crippen LogP contribution is 2.35. The van der Waals surface area contributed by atoms with Gasteiger partial charge in [0, 0.05) is 34.6 Å². The Morgan fingerprint density at radius 1 is 0.971 bits per heavy atom. The van der Waals surface area contributed by atoms with Gasteiger partial charge in [0.25, 0.3) is 11.8 Å². The minimum Gasteiger partial charge on any atom is -0.322 e. The van der Waals surface area contributed by atoms with Crippen LogP contribution in [0.1, 0.15) is 26.3 Å². The molecule has 0 spiro atoms. The van der Waals surface area contributed by atoms with E-state index in [-0.39, 0.29) is 16.8 Å². The van der Waals surface area contributed by atoms with Crippen molar-refractivity contribution in [2.24, 2.45) is 0 Å². The predicted molar refractivity (Wildman–Crippen MR) is 134 cm³/mol. The molecule has 0 saturated carbocycles. The summed E-state index contributed by atoms with van der Waals surface area (Å²) in [6, 6.07) is 19.2. The maximum atomic E-state index is 13.5. The first-order valence-electron chi connectivity index (χ1n) is 10.6. The molecule has 168 valence electrons. The van der Waals surface area contributed by atoms with Gasteiger partial charge in [-0.2, -0.15) is 0 Å². The molecule has 0 saturated heterocycles. The van der Waals surface area contributed by atoms with E-state index in [9.17, 15) is 9.59 Å². The third-order valence-electron chi connectivity index (χ3n) is 5.65. The SMILES string of the molecule is O=C(Nc1ccc(C(=O)N2CCc3cncnc3-c3ccccc32)cc1)c1ccc(Cl)cc1Cl. The van der Waals surface area contributed by atoms with E-state index in [0.29, 0.717) is 34.8 Å². The zero-order valence-corrected chi connectivity index (χ0v) is 19.3. The quantitative estimate of drug-likeness (QED) is 0.389. The van der Waals surface area contributed by atoms with E-state index < -0.39 is 0 Å². The first-order chi connectivity index (χ1) is 16.5. The first-order valence-corrected chi connectivity index (χ1v) is 11.3. The molecule has 0 fully saturated rings. The molecule has 0 unspecified atom stereocenters. The van der Waals surface area contributed by atoms with Gasteiger partial charge in [0.05, 0.1) is 22.0 Å². The molecule has 2 amide bonds. The highest BCUT2D eigenvalue weighted by molar-refractivity contribution is 6.37. The Balaban J connectivity index is 1.38. The Morgan fingerprint density at radius 3 is 2.56 bits per heavy atom. The van der Waals surface area contributed by atoms with E-state index >= 15 is 0 Å². The maximum absolute atomic E-state index is 13.5. The van der Waals surface area contributed by atoms with Crippen LogP contribution in [0.2, 0.25) is 10.0 Å². The van der Waals surface area contributed by atoms with Gasteiger partial charge in [0.15, 0.2) is 0 Å². The van der Waals surface area contributed by atoms with Gasteiger partial charge in [-0.15, -0.1) is 0 Å². The second-order valence-corrected chi connectivity index (χ2v) is 8.62. The number of hydrogen-bond donors (Lipinski definition) is 1. The molecule has 6 nitrogen and oxygen atoms in total. The van der Waals surface area contributed by atoms with Crippen molar-refractivity contribution >= 4 is 46.4 Å². The normalized spacial score (nSPS) is 12.4. The van der Waals surface area contributed by atoms with E-state index in [2.05, 4.69) is 15.3 Å². The number of amides is 2. The van der Waals surface area contributed by atoms with Crippen LogP contribution in [-0.2, 0) is 6.42 Å². The molecule has 3 aromatic carbocycles. The second-order valence-electron chi connectivity index (χ2n) is 7.78. The molecule has 8 heteroatoms. The smallest absolute Gasteiger partial charge is 0.258 e. The van der Waals surface area contributed by atoms with E-state index in [0.717, 1.165) is 22.5 Å². The number of carbonyl (C=O) groups excluding carboxylic acids is 2. The zero-order valence-electron chi connectivity index (χ0n) is 17.8. The maximum Gasteiger partial charge on any atom is 0.258 e. The van der Waals surface area contributed by atoms with Crippen LogP contribution in [0.25, 0.3) is 11.3 Å². The van der Waals surface area contributed by atoms with Gasteiger partial charge in [0.1, 0.15) is 6.33 Å². The molecule has 0 atom stereocenters. The van der Waals surface area contributed by atoms with Crippen LogP contribution in [0.15, 0.2) is 79.3 Å². The fraction of sp³-hybridized carbons (Fsp3) is 0.0769. The molecule has 0 radical (unpaired) electrons. The van der Waals surface area contributed by atoms with E-state index in [4.69, 9.17) is 23.2 Å². The van der Waals surface area contributed by atoms with Gasteiger partial charge in [-0.1, -0.05) is 41.4 Å². The Hall–Kier alpha value is -3.74. The number of aromatic nitrogens is 2. The Bertz CT molecular complexity index is 1410. The topological polar surface area (TPSA) is 75.2 Å². The van der Waals surface area contributed by atoms with Crippen LogP contribution in [-0.4, -0.2) is 28.3 Å². The molecule has 1 aromatic heterocycles. The number of benzene rings is 3. The number of carbonyl (C=O) groups is 2. The lowest BCUT2D eigenvalue weighted by Gasteiger charge is -2.23. The number of hydrogen-bond acceptors (Lipinski definition) is 4. The number of nitrogens with one attached hydrogen (secondary N) is 1. The van der Waals surface area contributed by atoms with Gasteiger partial charge < -0.3 is 10.2 Å². The summed E-state index contributed by atoms with van der Waals surface area (Å²) in [4.78, 5) is 36.4. The van der Waals surface area contributed by atoms with Gasteiger partial charge in [-0.05, 0) is 60.5 Å². The van der Waals surface area contributed by atoms with Crippen molar-refractivity contribution in [1.82, 2.24) is 9.97 Å². The second kappa shape index (κ2) is 9.25. The number of anilines is 2. The Kier molecular flexibility index (Phi) is 6.01. The molecule has 2 heterocycles. The standard InChI is InChI=1S/C26H18Cl2N4O2/c27-18-7-10-20(22(28)13-18)25(33)31-19-8-5-16(6-9-19)26(34)32-12-11-17-14-29-15-30-24(17)21-3-1-2-4-23(21)32/h1-10,13-15H,11-12H2,(H,31,33). The molecule has 1 aliphatic heterocycles. The Labute approximate surface area is 206 Å². The summed E-state index contributed by atoms with van der Waals surface area (Å²) in [6.07, 6.45) is 3.97. The highest BCUT2D eigenvalue weighted by atomic mass is 35.5. The molecular weight excluding hydrogens is 471 g/mol. The summed E-state index contributed by atoms with van der Waals surface area (Å²) in [7, 11) is 0. The minimum absolute atomic E-state index is 0.133. The van der Waals surface area contributed by atoms with Crippen LogP contribution in [0.4, 0.5) is 11.4 Å². The van der Waals surface area contributed by atoms with Crippen molar-refractivity contribution in [3.8, 4) is 11.3 Å². The van der Waals surface area contributed by atoms with Crippen LogP contribution in [0.5, 0.6) is 0 Å². The highest BCUT2D eigenvalue weighted by Gasteiger charge is 2.25. The lowest BCUT2D eigenvalue weighted by molar-refractivity contribution is 0.0986. The van der Waals surface area contributed by atoms with Crippen molar-refractivity contribution in [3.05, 3.63) is 106 Å². The first kappa shape index (κ1) is 22.1. The third-order valence-corrected chi connectivity index (χ3v) is 6.20. The van der Waals surface area contributed by atoms with E-state index in [1.54, 1.807) is 47.5 Å². The predicted octanol–water partition coefficient (Wildman–Crippen LogP) is 5.91. The molecule has 1 N–H and O–H groups in total. The van der Waals surface area contributed by atoms with Crippen molar-refractivity contribution in [2.75, 3.05) is 16.8 Å².